The van der Waals surface area contributed by atoms with Crippen LogP contribution in [0.4, 0.5) is 0 Å². The zero-order valence-electron chi connectivity index (χ0n) is 8.36. The van der Waals surface area contributed by atoms with Gasteiger partial charge >= 0.3 is 0 Å². The maximum Gasteiger partial charge on any atom is 0.117 e. The Labute approximate surface area is 73.0 Å². The molecule has 0 heterocycles. The summed E-state index contributed by atoms with van der Waals surface area (Å²) in [6.45, 7) is 4.55. The van der Waals surface area contributed by atoms with Gasteiger partial charge in [0, 0.05) is 0 Å². The van der Waals surface area contributed by atoms with Crippen LogP contribution in [0.15, 0.2) is 0 Å². The van der Waals surface area contributed by atoms with Crippen molar-refractivity contribution in [2.45, 2.75) is 65.0 Å². The Balaban J connectivity index is 2.69. The summed E-state index contributed by atoms with van der Waals surface area (Å²) in [5.74, 6) is 0. The second kappa shape index (κ2) is 10.1. The van der Waals surface area contributed by atoms with Gasteiger partial charge in [0.25, 0.3) is 0 Å². The Morgan fingerprint density at radius 2 is 1.36 bits per heavy atom. The van der Waals surface area contributed by atoms with E-state index >= 15 is 0 Å². The number of rotatable bonds is 8. The smallest absolute Gasteiger partial charge is 0.0893 e. The van der Waals surface area contributed by atoms with E-state index < -0.39 is 0 Å². The van der Waals surface area contributed by atoms with E-state index in [4.69, 9.17) is 0 Å². The lowest BCUT2D eigenvalue weighted by Crippen LogP contribution is -1.82. The molecule has 0 aromatic heterocycles. The largest absolute Gasteiger partial charge is 0.117 e. The van der Waals surface area contributed by atoms with E-state index in [1.165, 1.54) is 58.5 Å². The van der Waals surface area contributed by atoms with E-state index in [-0.39, 0.29) is 0 Å². The summed E-state index contributed by atoms with van der Waals surface area (Å²) in [5, 5.41) is 0. The molecule has 0 unspecified atom stereocenters. The van der Waals surface area contributed by atoms with Crippen molar-refractivity contribution in [3.8, 4) is 0 Å². The fourth-order valence-electron chi connectivity index (χ4n) is 1.38. The first kappa shape index (κ1) is 11.1. The summed E-state index contributed by atoms with van der Waals surface area (Å²) in [4.78, 5) is 0. The highest BCUT2D eigenvalue weighted by atomic mass is 13.9. The molecule has 1 heteroatoms. The summed E-state index contributed by atoms with van der Waals surface area (Å²) in [7, 11) is 1.37. The highest BCUT2D eigenvalue weighted by Crippen LogP contribution is 2.07. The molecule has 0 N–H and O–H groups in total. The van der Waals surface area contributed by atoms with Crippen molar-refractivity contribution in [2.75, 3.05) is 0 Å². The average molecular weight is 154 g/mol. The van der Waals surface area contributed by atoms with E-state index in [0.29, 0.717) is 0 Å². The maximum atomic E-state index is 2.27. The summed E-state index contributed by atoms with van der Waals surface area (Å²) >= 11 is 0. The molecule has 0 rings (SSSR count). The van der Waals surface area contributed by atoms with E-state index in [1.54, 1.807) is 0 Å². The fraction of sp³-hybridized carbons (Fsp3) is 1.00. The third-order valence-corrected chi connectivity index (χ3v) is 2.21. The predicted molar refractivity (Wildman–Crippen MR) is 55.8 cm³/mol. The van der Waals surface area contributed by atoms with E-state index in [2.05, 4.69) is 13.7 Å². The summed E-state index contributed by atoms with van der Waals surface area (Å²) in [6, 6.07) is 0. The molecule has 0 aromatic rings. The van der Waals surface area contributed by atoms with Gasteiger partial charge in [0.1, 0.15) is 7.28 Å². The zero-order chi connectivity index (χ0) is 8.36. The molecule has 0 saturated heterocycles. The van der Waals surface area contributed by atoms with Gasteiger partial charge in [0.2, 0.25) is 0 Å². The first-order chi connectivity index (χ1) is 5.41. The molecule has 0 radical (unpaired) electrons. The summed E-state index contributed by atoms with van der Waals surface area (Å²) in [6.07, 6.45) is 11.6. The summed E-state index contributed by atoms with van der Waals surface area (Å²) < 4.78 is 0. The quantitative estimate of drug-likeness (QED) is 0.370. The molecule has 0 atom stereocenters. The monoisotopic (exact) mass is 154 g/mol. The molecule has 0 spiro atoms. The van der Waals surface area contributed by atoms with Crippen molar-refractivity contribution in [3.05, 3.63) is 0 Å². The second-order valence-electron chi connectivity index (χ2n) is 3.47. The molecule has 0 bridgehead atoms. The molecular weight excluding hydrogens is 131 g/mol. The Bertz CT molecular complexity index is 53.9. The molecule has 66 valence electrons. The van der Waals surface area contributed by atoms with Crippen molar-refractivity contribution < 1.29 is 0 Å². The van der Waals surface area contributed by atoms with Crippen molar-refractivity contribution in [2.24, 2.45) is 0 Å². The minimum atomic E-state index is 1.37. The van der Waals surface area contributed by atoms with Gasteiger partial charge in [-0.15, -0.1) is 0 Å². The Morgan fingerprint density at radius 3 is 1.91 bits per heavy atom. The molecule has 0 amide bonds. The molecule has 0 aromatic carbocycles. The minimum Gasteiger partial charge on any atom is -0.0893 e. The third-order valence-electron chi connectivity index (χ3n) is 2.21. The average Bonchev–Trinajstić information content (AvgIpc) is 2.03. The second-order valence-corrected chi connectivity index (χ2v) is 3.47. The van der Waals surface area contributed by atoms with Gasteiger partial charge < -0.3 is 0 Å². The molecule has 11 heavy (non-hydrogen) atoms. The van der Waals surface area contributed by atoms with Gasteiger partial charge in [-0.1, -0.05) is 65.0 Å². The van der Waals surface area contributed by atoms with Gasteiger partial charge in [-0.2, -0.15) is 0 Å². The third kappa shape index (κ3) is 10.1. The molecule has 0 aliphatic carbocycles. The van der Waals surface area contributed by atoms with Crippen LogP contribution in [0, 0.1) is 0 Å². The Morgan fingerprint density at radius 1 is 0.818 bits per heavy atom. The summed E-state index contributed by atoms with van der Waals surface area (Å²) in [5.41, 5.74) is 0. The van der Waals surface area contributed by atoms with Gasteiger partial charge in [-0.3, -0.25) is 0 Å². The van der Waals surface area contributed by atoms with Crippen molar-refractivity contribution in [3.63, 3.8) is 0 Å². The number of hydrogen-bond acceptors (Lipinski definition) is 0. The van der Waals surface area contributed by atoms with Crippen LogP contribution in [-0.4, -0.2) is 7.28 Å². The molecular formula is C10H23B. The molecule has 0 saturated carbocycles. The Hall–Kier alpha value is 0.0649. The number of unbranched alkanes of at least 4 members (excludes halogenated alkanes) is 6. The standard InChI is InChI=1S/C10H23B/c1-3-4-5-6-7-8-9-10-11-2/h11H,3-10H2,1-2H3. The Kier molecular flexibility index (Phi) is 10.1. The highest BCUT2D eigenvalue weighted by Gasteiger charge is 1.89. The zero-order valence-corrected chi connectivity index (χ0v) is 8.36. The van der Waals surface area contributed by atoms with Crippen LogP contribution in [0.5, 0.6) is 0 Å². The fourth-order valence-corrected chi connectivity index (χ4v) is 1.38. The topological polar surface area (TPSA) is 0 Å². The van der Waals surface area contributed by atoms with Crippen LogP contribution in [0.2, 0.25) is 13.1 Å². The number of hydrogen-bond donors (Lipinski definition) is 0. The van der Waals surface area contributed by atoms with Gasteiger partial charge in [0.15, 0.2) is 0 Å². The molecule has 0 aliphatic heterocycles. The van der Waals surface area contributed by atoms with Gasteiger partial charge in [-0.05, 0) is 0 Å². The van der Waals surface area contributed by atoms with Crippen LogP contribution in [0.1, 0.15) is 51.9 Å². The first-order valence-corrected chi connectivity index (χ1v) is 5.41. The minimum absolute atomic E-state index is 1.37. The van der Waals surface area contributed by atoms with Crippen LogP contribution in [0.3, 0.4) is 0 Å². The first-order valence-electron chi connectivity index (χ1n) is 5.41. The highest BCUT2D eigenvalue weighted by molar-refractivity contribution is 6.33. The molecule has 0 nitrogen and oxygen atoms in total. The lowest BCUT2D eigenvalue weighted by Gasteiger charge is -1.98. The lowest BCUT2D eigenvalue weighted by atomic mass is 9.76. The van der Waals surface area contributed by atoms with Gasteiger partial charge in [-0.25, -0.2) is 0 Å². The van der Waals surface area contributed by atoms with Gasteiger partial charge in [0.05, 0.1) is 0 Å². The van der Waals surface area contributed by atoms with E-state index in [9.17, 15) is 0 Å². The van der Waals surface area contributed by atoms with Crippen molar-refractivity contribution >= 4 is 7.28 Å². The SMILES string of the molecule is CBCCCCCCCCC. The van der Waals surface area contributed by atoms with E-state index in [1.807, 2.05) is 0 Å². The molecule has 0 fully saturated rings. The van der Waals surface area contributed by atoms with Crippen LogP contribution in [-0.2, 0) is 0 Å². The normalized spacial score (nSPS) is 10.0. The van der Waals surface area contributed by atoms with Crippen LogP contribution < -0.4 is 0 Å². The predicted octanol–water partition coefficient (Wildman–Crippen LogP) is 3.64. The maximum absolute atomic E-state index is 2.27. The lowest BCUT2D eigenvalue weighted by molar-refractivity contribution is 0.601. The van der Waals surface area contributed by atoms with Crippen molar-refractivity contribution in [1.29, 1.82) is 0 Å². The van der Waals surface area contributed by atoms with E-state index in [0.717, 1.165) is 0 Å². The van der Waals surface area contributed by atoms with Crippen molar-refractivity contribution in [1.82, 2.24) is 0 Å². The van der Waals surface area contributed by atoms with Crippen LogP contribution >= 0.6 is 0 Å². The molecule has 0 aliphatic rings. The van der Waals surface area contributed by atoms with Crippen LogP contribution in [0.25, 0.3) is 0 Å².